The maximum Gasteiger partial charge on any atom is 0.248 e. The van der Waals surface area contributed by atoms with Crippen molar-refractivity contribution in [3.05, 3.63) is 53.9 Å². The lowest BCUT2D eigenvalue weighted by Crippen LogP contribution is -2.08. The first kappa shape index (κ1) is 15.0. The molecule has 1 amide bonds. The van der Waals surface area contributed by atoms with E-state index in [1.807, 2.05) is 37.4 Å². The summed E-state index contributed by atoms with van der Waals surface area (Å²) in [7, 11) is 1.82. The summed E-state index contributed by atoms with van der Waals surface area (Å²) in [6.45, 7) is 0.171. The average Bonchev–Trinajstić information content (AvgIpc) is 2.89. The maximum atomic E-state index is 11.9. The maximum absolute atomic E-state index is 11.9. The third-order valence-electron chi connectivity index (χ3n) is 3.08. The molecule has 2 rings (SSSR count). The number of benzene rings is 1. The number of carbonyl (C=O) groups excluding carboxylic acids is 1. The van der Waals surface area contributed by atoms with E-state index in [0.717, 1.165) is 29.8 Å². The minimum absolute atomic E-state index is 0.171. The van der Waals surface area contributed by atoms with Gasteiger partial charge in [-0.05, 0) is 42.7 Å². The molecule has 1 aromatic heterocycles. The first-order chi connectivity index (χ1) is 10.2. The molecular weight excluding hydrogens is 266 g/mol. The minimum Gasteiger partial charge on any atom is -0.396 e. The van der Waals surface area contributed by atoms with Crippen LogP contribution in [0.15, 0.2) is 42.6 Å². The van der Waals surface area contributed by atoms with Crippen molar-refractivity contribution in [2.45, 2.75) is 12.8 Å². The van der Waals surface area contributed by atoms with Gasteiger partial charge in [0.25, 0.3) is 0 Å². The zero-order valence-electron chi connectivity index (χ0n) is 12.0. The van der Waals surface area contributed by atoms with Gasteiger partial charge in [0, 0.05) is 31.6 Å². The van der Waals surface area contributed by atoms with Crippen LogP contribution in [0.25, 0.3) is 6.08 Å². The molecule has 21 heavy (non-hydrogen) atoms. The van der Waals surface area contributed by atoms with Gasteiger partial charge in [-0.15, -0.1) is 0 Å². The second-order valence-electron chi connectivity index (χ2n) is 4.73. The van der Waals surface area contributed by atoms with Crippen LogP contribution in [-0.2, 0) is 18.3 Å². The summed E-state index contributed by atoms with van der Waals surface area (Å²) < 4.78 is 1.69. The third kappa shape index (κ3) is 4.57. The Hall–Kier alpha value is -2.40. The number of aliphatic hydroxyl groups excluding tert-OH is 1. The van der Waals surface area contributed by atoms with Gasteiger partial charge >= 0.3 is 0 Å². The van der Waals surface area contributed by atoms with E-state index in [2.05, 4.69) is 10.4 Å². The number of aromatic nitrogens is 2. The molecular formula is C16H19N3O2. The monoisotopic (exact) mass is 285 g/mol. The van der Waals surface area contributed by atoms with Gasteiger partial charge in [0.1, 0.15) is 0 Å². The number of aryl methyl sites for hydroxylation is 2. The number of anilines is 1. The van der Waals surface area contributed by atoms with Gasteiger partial charge in [-0.3, -0.25) is 9.48 Å². The molecule has 0 aliphatic heterocycles. The van der Waals surface area contributed by atoms with E-state index < -0.39 is 0 Å². The Balaban J connectivity index is 1.96. The Morgan fingerprint density at radius 1 is 1.43 bits per heavy atom. The van der Waals surface area contributed by atoms with Crippen molar-refractivity contribution in [3.63, 3.8) is 0 Å². The van der Waals surface area contributed by atoms with Crippen molar-refractivity contribution in [1.82, 2.24) is 9.78 Å². The Morgan fingerprint density at radius 2 is 2.29 bits per heavy atom. The van der Waals surface area contributed by atoms with Crippen LogP contribution in [0.5, 0.6) is 0 Å². The number of nitrogens with one attached hydrogen (secondary N) is 1. The zero-order chi connectivity index (χ0) is 15.1. The van der Waals surface area contributed by atoms with Gasteiger partial charge in [-0.25, -0.2) is 0 Å². The van der Waals surface area contributed by atoms with Gasteiger partial charge in [-0.1, -0.05) is 12.1 Å². The third-order valence-corrected chi connectivity index (χ3v) is 3.08. The molecule has 0 aliphatic rings. The fourth-order valence-corrected chi connectivity index (χ4v) is 1.98. The molecule has 5 heteroatoms. The predicted octanol–water partition coefficient (Wildman–Crippen LogP) is 2.00. The van der Waals surface area contributed by atoms with Crippen LogP contribution in [0, 0.1) is 0 Å². The van der Waals surface area contributed by atoms with Gasteiger partial charge in [-0.2, -0.15) is 5.10 Å². The first-order valence-corrected chi connectivity index (χ1v) is 6.86. The summed E-state index contributed by atoms with van der Waals surface area (Å²) >= 11 is 0. The van der Waals surface area contributed by atoms with Gasteiger partial charge in [0.2, 0.25) is 5.91 Å². The van der Waals surface area contributed by atoms with Crippen molar-refractivity contribution in [2.24, 2.45) is 7.05 Å². The van der Waals surface area contributed by atoms with E-state index >= 15 is 0 Å². The van der Waals surface area contributed by atoms with Crippen molar-refractivity contribution in [3.8, 4) is 0 Å². The molecule has 0 spiro atoms. The lowest BCUT2D eigenvalue weighted by Gasteiger charge is -2.05. The Labute approximate surface area is 123 Å². The van der Waals surface area contributed by atoms with Crippen LogP contribution in [0.4, 0.5) is 5.69 Å². The lowest BCUT2D eigenvalue weighted by atomic mass is 10.1. The molecule has 0 bridgehead atoms. The standard InChI is InChI=1S/C16H19N3O2/c1-19-15(9-10-17-19)7-8-16(21)18-14-6-2-4-13(12-14)5-3-11-20/h2,4,6-10,12,20H,3,5,11H2,1H3,(H,18,21)/b8-7+. The lowest BCUT2D eigenvalue weighted by molar-refractivity contribution is -0.111. The molecule has 2 aromatic rings. The average molecular weight is 285 g/mol. The van der Waals surface area contributed by atoms with Crippen LogP contribution >= 0.6 is 0 Å². The number of hydrogen-bond donors (Lipinski definition) is 2. The van der Waals surface area contributed by atoms with Crippen LogP contribution in [0.2, 0.25) is 0 Å². The highest BCUT2D eigenvalue weighted by Gasteiger charge is 2.00. The zero-order valence-corrected chi connectivity index (χ0v) is 12.0. The van der Waals surface area contributed by atoms with Crippen LogP contribution in [0.3, 0.4) is 0 Å². The van der Waals surface area contributed by atoms with Gasteiger partial charge in [0.05, 0.1) is 5.69 Å². The molecule has 0 atom stereocenters. The highest BCUT2D eigenvalue weighted by molar-refractivity contribution is 6.01. The molecule has 0 fully saturated rings. The van der Waals surface area contributed by atoms with Crippen LogP contribution in [0.1, 0.15) is 17.7 Å². The van der Waals surface area contributed by atoms with Crippen molar-refractivity contribution < 1.29 is 9.90 Å². The number of hydrogen-bond acceptors (Lipinski definition) is 3. The number of aliphatic hydroxyl groups is 1. The fraction of sp³-hybridized carbons (Fsp3) is 0.250. The molecule has 0 saturated heterocycles. The Bertz CT molecular complexity index is 632. The summed E-state index contributed by atoms with van der Waals surface area (Å²) in [6, 6.07) is 9.48. The van der Waals surface area contributed by atoms with Crippen molar-refractivity contribution in [1.29, 1.82) is 0 Å². The molecule has 0 radical (unpaired) electrons. The quantitative estimate of drug-likeness (QED) is 0.798. The molecule has 2 N–H and O–H groups in total. The number of carbonyl (C=O) groups is 1. The summed E-state index contributed by atoms with van der Waals surface area (Å²) in [5.41, 5.74) is 2.71. The van der Waals surface area contributed by atoms with E-state index in [4.69, 9.17) is 5.11 Å². The molecule has 0 unspecified atom stereocenters. The Kier molecular flexibility index (Phi) is 5.29. The minimum atomic E-state index is -0.185. The highest BCUT2D eigenvalue weighted by Crippen LogP contribution is 2.12. The normalized spacial score (nSPS) is 11.0. The van der Waals surface area contributed by atoms with Crippen molar-refractivity contribution >= 4 is 17.7 Å². The summed E-state index contributed by atoms with van der Waals surface area (Å²) in [4.78, 5) is 11.9. The van der Waals surface area contributed by atoms with E-state index in [1.54, 1.807) is 17.0 Å². The molecule has 0 aliphatic carbocycles. The van der Waals surface area contributed by atoms with E-state index in [0.29, 0.717) is 0 Å². The molecule has 5 nitrogen and oxygen atoms in total. The van der Waals surface area contributed by atoms with E-state index in [-0.39, 0.29) is 12.5 Å². The summed E-state index contributed by atoms with van der Waals surface area (Å²) in [5, 5.41) is 15.7. The van der Waals surface area contributed by atoms with Gasteiger partial charge in [0.15, 0.2) is 0 Å². The second-order valence-corrected chi connectivity index (χ2v) is 4.73. The largest absolute Gasteiger partial charge is 0.396 e. The summed E-state index contributed by atoms with van der Waals surface area (Å²) in [6.07, 6.45) is 6.40. The van der Waals surface area contributed by atoms with E-state index in [9.17, 15) is 4.79 Å². The van der Waals surface area contributed by atoms with Gasteiger partial charge < -0.3 is 10.4 Å². The fourth-order valence-electron chi connectivity index (χ4n) is 1.98. The first-order valence-electron chi connectivity index (χ1n) is 6.86. The SMILES string of the molecule is Cn1nccc1/C=C/C(=O)Nc1cccc(CCCO)c1. The topological polar surface area (TPSA) is 67.2 Å². The molecule has 1 heterocycles. The summed E-state index contributed by atoms with van der Waals surface area (Å²) in [5.74, 6) is -0.185. The second kappa shape index (κ2) is 7.40. The number of amides is 1. The molecule has 110 valence electrons. The Morgan fingerprint density at radius 3 is 3.00 bits per heavy atom. The molecule has 0 saturated carbocycles. The number of rotatable bonds is 6. The molecule has 1 aromatic carbocycles. The predicted molar refractivity (Wildman–Crippen MR) is 82.7 cm³/mol. The van der Waals surface area contributed by atoms with Crippen molar-refractivity contribution in [2.75, 3.05) is 11.9 Å². The van der Waals surface area contributed by atoms with Crippen LogP contribution < -0.4 is 5.32 Å². The number of nitrogens with zero attached hydrogens (tertiary/aromatic N) is 2. The van der Waals surface area contributed by atoms with Crippen LogP contribution in [-0.4, -0.2) is 27.4 Å². The smallest absolute Gasteiger partial charge is 0.248 e. The van der Waals surface area contributed by atoms with E-state index in [1.165, 1.54) is 6.08 Å². The highest BCUT2D eigenvalue weighted by atomic mass is 16.2.